The molecule has 5 nitrogen and oxygen atoms in total. The molecule has 2 atom stereocenters. The van der Waals surface area contributed by atoms with Crippen LogP contribution >= 0.6 is 0 Å². The van der Waals surface area contributed by atoms with Crippen molar-refractivity contribution in [1.82, 2.24) is 9.80 Å². The molecule has 0 N–H and O–H groups in total. The van der Waals surface area contributed by atoms with Crippen molar-refractivity contribution in [2.24, 2.45) is 0 Å². The number of hydrogen-bond acceptors (Lipinski definition) is 5. The molecule has 0 saturated carbocycles. The van der Waals surface area contributed by atoms with Crippen molar-refractivity contribution in [2.75, 3.05) is 39.4 Å². The summed E-state index contributed by atoms with van der Waals surface area (Å²) in [5, 5.41) is 9.86. The molecule has 25 heavy (non-hydrogen) atoms. The normalized spacial score (nSPS) is 20.0. The third kappa shape index (κ3) is 4.87. The third-order valence-corrected chi connectivity index (χ3v) is 4.69. The minimum Gasteiger partial charge on any atom is -0.494 e. The summed E-state index contributed by atoms with van der Waals surface area (Å²) in [7, 11) is 0. The Kier molecular flexibility index (Phi) is 7.54. The van der Waals surface area contributed by atoms with Crippen LogP contribution in [0.1, 0.15) is 45.7 Å². The van der Waals surface area contributed by atoms with Crippen molar-refractivity contribution in [2.45, 2.75) is 46.2 Å². The van der Waals surface area contributed by atoms with E-state index in [1.54, 1.807) is 0 Å². The Labute approximate surface area is 152 Å². The van der Waals surface area contributed by atoms with Gasteiger partial charge in [-0.15, -0.1) is 0 Å². The summed E-state index contributed by atoms with van der Waals surface area (Å²) in [5.41, 5.74) is 0.934. The van der Waals surface area contributed by atoms with E-state index >= 15 is 0 Å². The van der Waals surface area contributed by atoms with E-state index in [0.717, 1.165) is 43.2 Å². The molecule has 2 rings (SSSR count). The van der Waals surface area contributed by atoms with Crippen LogP contribution in [0.5, 0.6) is 11.5 Å². The average molecular weight is 345 g/mol. The number of rotatable bonds is 8. The van der Waals surface area contributed by atoms with E-state index < -0.39 is 0 Å². The summed E-state index contributed by atoms with van der Waals surface area (Å²) in [5.74, 6) is 1.54. The smallest absolute Gasteiger partial charge is 0.128 e. The highest BCUT2D eigenvalue weighted by atomic mass is 16.5. The van der Waals surface area contributed by atoms with Gasteiger partial charge in [-0.2, -0.15) is 5.26 Å². The molecule has 1 aliphatic heterocycles. The molecule has 0 bridgehead atoms. The lowest BCUT2D eigenvalue weighted by Crippen LogP contribution is -2.52. The Balaban J connectivity index is 2.21. The molecule has 1 fully saturated rings. The van der Waals surface area contributed by atoms with Crippen LogP contribution in [0.15, 0.2) is 18.2 Å². The molecule has 1 saturated heterocycles. The van der Waals surface area contributed by atoms with Gasteiger partial charge in [0.05, 0.1) is 19.3 Å². The predicted octanol–water partition coefficient (Wildman–Crippen LogP) is 3.46. The maximum Gasteiger partial charge on any atom is 0.128 e. The maximum absolute atomic E-state index is 9.86. The Morgan fingerprint density at radius 3 is 2.56 bits per heavy atom. The minimum absolute atomic E-state index is 0.288. The van der Waals surface area contributed by atoms with Gasteiger partial charge in [-0.25, -0.2) is 0 Å². The van der Waals surface area contributed by atoms with E-state index in [1.807, 2.05) is 32.0 Å². The van der Waals surface area contributed by atoms with E-state index in [0.29, 0.717) is 19.3 Å². The van der Waals surface area contributed by atoms with Crippen LogP contribution in [-0.4, -0.2) is 55.2 Å². The number of hydrogen-bond donors (Lipinski definition) is 0. The van der Waals surface area contributed by atoms with Crippen LogP contribution in [0.25, 0.3) is 0 Å². The van der Waals surface area contributed by atoms with Crippen molar-refractivity contribution in [3.05, 3.63) is 23.8 Å². The third-order valence-electron chi connectivity index (χ3n) is 4.69. The van der Waals surface area contributed by atoms with Crippen molar-refractivity contribution >= 4 is 0 Å². The lowest BCUT2D eigenvalue weighted by molar-refractivity contribution is 0.0683. The SMILES string of the molecule is CCCN1CCN(C(C#N)c2ccc(OCC)cc2OCC)CC1C. The second-order valence-corrected chi connectivity index (χ2v) is 6.48. The van der Waals surface area contributed by atoms with Crippen LogP contribution in [0.4, 0.5) is 0 Å². The maximum atomic E-state index is 9.86. The van der Waals surface area contributed by atoms with Crippen molar-refractivity contribution in [3.63, 3.8) is 0 Å². The highest BCUT2D eigenvalue weighted by Crippen LogP contribution is 2.33. The molecule has 0 radical (unpaired) electrons. The molecule has 0 spiro atoms. The molecular weight excluding hydrogens is 314 g/mol. The highest BCUT2D eigenvalue weighted by molar-refractivity contribution is 5.44. The lowest BCUT2D eigenvalue weighted by Gasteiger charge is -2.41. The highest BCUT2D eigenvalue weighted by Gasteiger charge is 2.30. The second-order valence-electron chi connectivity index (χ2n) is 6.48. The van der Waals surface area contributed by atoms with Gasteiger partial charge in [0.25, 0.3) is 0 Å². The van der Waals surface area contributed by atoms with E-state index in [2.05, 4.69) is 29.7 Å². The van der Waals surface area contributed by atoms with E-state index in [4.69, 9.17) is 9.47 Å². The monoisotopic (exact) mass is 345 g/mol. The number of nitriles is 1. The molecule has 1 aliphatic rings. The predicted molar refractivity (Wildman–Crippen MR) is 100 cm³/mol. The first kappa shape index (κ1) is 19.6. The van der Waals surface area contributed by atoms with Crippen LogP contribution < -0.4 is 9.47 Å². The van der Waals surface area contributed by atoms with Gasteiger partial charge in [-0.1, -0.05) is 6.92 Å². The van der Waals surface area contributed by atoms with Gasteiger partial charge in [0.2, 0.25) is 0 Å². The first-order chi connectivity index (χ1) is 12.1. The van der Waals surface area contributed by atoms with E-state index in [-0.39, 0.29) is 6.04 Å². The molecular formula is C20H31N3O2. The van der Waals surface area contributed by atoms with Crippen LogP contribution in [-0.2, 0) is 0 Å². The fourth-order valence-corrected chi connectivity index (χ4v) is 3.50. The summed E-state index contributed by atoms with van der Waals surface area (Å²) in [6.45, 7) is 13.5. The van der Waals surface area contributed by atoms with E-state index in [1.165, 1.54) is 6.42 Å². The van der Waals surface area contributed by atoms with Crippen LogP contribution in [0.2, 0.25) is 0 Å². The topological polar surface area (TPSA) is 48.7 Å². The molecule has 0 amide bonds. The van der Waals surface area contributed by atoms with Gasteiger partial charge in [0.15, 0.2) is 0 Å². The zero-order chi connectivity index (χ0) is 18.2. The standard InChI is InChI=1S/C20H31N3O2/c1-5-10-22-11-12-23(15-16(22)4)19(14-21)18-9-8-17(24-6-2)13-20(18)25-7-3/h8-9,13,16,19H,5-7,10-12,15H2,1-4H3. The summed E-state index contributed by atoms with van der Waals surface area (Å²) in [4.78, 5) is 4.78. The lowest BCUT2D eigenvalue weighted by atomic mass is 10.0. The number of ether oxygens (including phenoxy) is 2. The van der Waals surface area contributed by atoms with Gasteiger partial charge >= 0.3 is 0 Å². The Morgan fingerprint density at radius 2 is 1.96 bits per heavy atom. The number of piperazine rings is 1. The van der Waals surface area contributed by atoms with E-state index in [9.17, 15) is 5.26 Å². The van der Waals surface area contributed by atoms with Crippen molar-refractivity contribution in [3.8, 4) is 17.6 Å². The quantitative estimate of drug-likeness (QED) is 0.722. The summed E-state index contributed by atoms with van der Waals surface area (Å²) < 4.78 is 11.4. The Bertz CT molecular complexity index is 585. The van der Waals surface area contributed by atoms with Gasteiger partial charge < -0.3 is 9.47 Å². The van der Waals surface area contributed by atoms with Crippen LogP contribution in [0, 0.1) is 11.3 Å². The first-order valence-corrected chi connectivity index (χ1v) is 9.41. The first-order valence-electron chi connectivity index (χ1n) is 9.41. The largest absolute Gasteiger partial charge is 0.494 e. The Morgan fingerprint density at radius 1 is 1.20 bits per heavy atom. The number of benzene rings is 1. The molecule has 0 aromatic heterocycles. The number of nitrogens with zero attached hydrogens (tertiary/aromatic N) is 3. The van der Waals surface area contributed by atoms with Gasteiger partial charge in [0.1, 0.15) is 17.5 Å². The summed E-state index contributed by atoms with van der Waals surface area (Å²) in [6, 6.07) is 8.48. The van der Waals surface area contributed by atoms with Crippen molar-refractivity contribution < 1.29 is 9.47 Å². The minimum atomic E-state index is -0.288. The molecule has 138 valence electrons. The summed E-state index contributed by atoms with van der Waals surface area (Å²) >= 11 is 0. The molecule has 1 heterocycles. The zero-order valence-electron chi connectivity index (χ0n) is 16.0. The molecule has 1 aromatic carbocycles. The molecule has 0 aliphatic carbocycles. The fourth-order valence-electron chi connectivity index (χ4n) is 3.50. The van der Waals surface area contributed by atoms with Gasteiger partial charge in [-0.05, 0) is 45.9 Å². The fraction of sp³-hybridized carbons (Fsp3) is 0.650. The molecule has 1 aromatic rings. The second kappa shape index (κ2) is 9.65. The Hall–Kier alpha value is -1.77. The summed E-state index contributed by atoms with van der Waals surface area (Å²) in [6.07, 6.45) is 1.17. The van der Waals surface area contributed by atoms with Gasteiger partial charge in [0, 0.05) is 37.3 Å². The molecule has 5 heteroatoms. The molecule has 2 unspecified atom stereocenters. The zero-order valence-corrected chi connectivity index (χ0v) is 16.0. The average Bonchev–Trinajstić information content (AvgIpc) is 2.60. The van der Waals surface area contributed by atoms with Crippen molar-refractivity contribution in [1.29, 1.82) is 5.26 Å². The van der Waals surface area contributed by atoms with Gasteiger partial charge in [-0.3, -0.25) is 9.80 Å². The van der Waals surface area contributed by atoms with Crippen LogP contribution in [0.3, 0.4) is 0 Å².